The molecular weight excluding hydrogens is 498 g/mol. The van der Waals surface area contributed by atoms with E-state index in [2.05, 4.69) is 55.6 Å². The van der Waals surface area contributed by atoms with Crippen LogP contribution in [-0.4, -0.2) is 26.3 Å². The number of rotatable bonds is 35. The van der Waals surface area contributed by atoms with Crippen molar-refractivity contribution < 1.29 is 4.74 Å². The fourth-order valence-electron chi connectivity index (χ4n) is 5.24. The number of unbranched alkanes of at least 4 members (excludes halogenated alkanes) is 22. The van der Waals surface area contributed by atoms with Crippen molar-refractivity contribution >= 4 is 0 Å². The largest absolute Gasteiger partial charge is 0.380 e. The summed E-state index contributed by atoms with van der Waals surface area (Å²) in [4.78, 5) is 0. The minimum absolute atomic E-state index is 0.870. The second kappa shape index (κ2) is 39.1. The summed E-state index contributed by atoms with van der Waals surface area (Å²) in [6.07, 6.45) is 50.6. The minimum Gasteiger partial charge on any atom is -0.380 e. The lowest BCUT2D eigenvalue weighted by Crippen LogP contribution is -2.21. The molecule has 0 aromatic carbocycles. The van der Waals surface area contributed by atoms with Gasteiger partial charge in [0.1, 0.15) is 0 Å². The summed E-state index contributed by atoms with van der Waals surface area (Å²) < 4.78 is 5.81. The van der Waals surface area contributed by atoms with Gasteiger partial charge in [0.05, 0.1) is 6.61 Å². The second-order valence-corrected chi connectivity index (χ2v) is 12.2. The lowest BCUT2D eigenvalue weighted by atomic mass is 10.1. The normalized spacial score (nSPS) is 12.1. The highest BCUT2D eigenvalue weighted by Gasteiger charge is 1.95. The topological polar surface area (TPSA) is 21.3 Å². The molecule has 0 aliphatic heterocycles. The van der Waals surface area contributed by atoms with Crippen LogP contribution in [0.5, 0.6) is 0 Å². The van der Waals surface area contributed by atoms with E-state index in [0.29, 0.717) is 0 Å². The zero-order valence-corrected chi connectivity index (χ0v) is 28.3. The monoisotopic (exact) mass is 574 g/mol. The van der Waals surface area contributed by atoms with Gasteiger partial charge in [-0.1, -0.05) is 153 Å². The van der Waals surface area contributed by atoms with Crippen molar-refractivity contribution in [1.29, 1.82) is 0 Å². The molecule has 0 spiro atoms. The van der Waals surface area contributed by atoms with E-state index in [1.54, 1.807) is 0 Å². The van der Waals surface area contributed by atoms with Crippen molar-refractivity contribution in [3.8, 4) is 0 Å². The Morgan fingerprint density at radius 2 is 0.756 bits per heavy atom. The van der Waals surface area contributed by atoms with Gasteiger partial charge in [0.2, 0.25) is 0 Å². The van der Waals surface area contributed by atoms with Gasteiger partial charge in [0.15, 0.2) is 0 Å². The Bertz CT molecular complexity index is 538. The molecule has 0 saturated carbocycles. The van der Waals surface area contributed by atoms with Crippen LogP contribution in [0.4, 0.5) is 0 Å². The molecule has 0 aromatic rings. The van der Waals surface area contributed by atoms with Gasteiger partial charge in [0, 0.05) is 13.2 Å². The van der Waals surface area contributed by atoms with Crippen LogP contribution in [0.2, 0.25) is 0 Å². The van der Waals surface area contributed by atoms with Gasteiger partial charge in [-0.05, 0) is 77.2 Å². The first-order valence-corrected chi connectivity index (χ1v) is 18.6. The molecule has 2 heteroatoms. The van der Waals surface area contributed by atoms with Crippen molar-refractivity contribution in [3.05, 3.63) is 36.5 Å². The molecule has 0 radical (unpaired) electrons. The molecule has 0 amide bonds. The van der Waals surface area contributed by atoms with Crippen molar-refractivity contribution in [2.75, 3.05) is 26.3 Å². The number of hydrogen-bond acceptors (Lipinski definition) is 2. The summed E-state index contributed by atoms with van der Waals surface area (Å²) >= 11 is 0. The van der Waals surface area contributed by atoms with Crippen LogP contribution >= 0.6 is 0 Å². The molecule has 0 aliphatic rings. The van der Waals surface area contributed by atoms with Crippen molar-refractivity contribution in [2.24, 2.45) is 0 Å². The summed E-state index contributed by atoms with van der Waals surface area (Å²) in [5, 5.41) is 3.55. The second-order valence-electron chi connectivity index (χ2n) is 12.2. The fraction of sp³-hybridized carbons (Fsp3) is 0.846. The van der Waals surface area contributed by atoms with Crippen LogP contribution in [0, 0.1) is 0 Å². The third kappa shape index (κ3) is 39.1. The highest BCUT2D eigenvalue weighted by atomic mass is 16.5. The van der Waals surface area contributed by atoms with E-state index in [9.17, 15) is 0 Å². The highest BCUT2D eigenvalue weighted by molar-refractivity contribution is 4.92. The van der Waals surface area contributed by atoms with Gasteiger partial charge in [-0.3, -0.25) is 0 Å². The molecule has 0 bridgehead atoms. The van der Waals surface area contributed by atoms with E-state index in [1.807, 2.05) is 0 Å². The summed E-state index contributed by atoms with van der Waals surface area (Å²) in [7, 11) is 0. The average Bonchev–Trinajstić information content (AvgIpc) is 2.98. The molecule has 0 aliphatic carbocycles. The zero-order valence-electron chi connectivity index (χ0n) is 28.3. The molecule has 1 N–H and O–H groups in total. The van der Waals surface area contributed by atoms with Crippen molar-refractivity contribution in [2.45, 2.75) is 187 Å². The standard InChI is InChI=1S/C39H75NO/c1-3-5-7-9-11-13-15-17-19-21-23-25-27-29-31-33-35-38-41-39-37-40-36-34-32-30-28-26-24-22-20-18-16-14-12-10-8-6-4-2/h12,14,17-20,40H,3-11,13,15-16,21-39H2,1-2H3/b14-12-,19-17-,20-18-. The number of hydrogen-bond donors (Lipinski definition) is 1. The summed E-state index contributed by atoms with van der Waals surface area (Å²) in [6, 6.07) is 0. The molecule has 0 atom stereocenters. The number of nitrogens with one attached hydrogen (secondary N) is 1. The van der Waals surface area contributed by atoms with Crippen LogP contribution in [0.15, 0.2) is 36.5 Å². The molecule has 0 rings (SSSR count). The molecule has 2 nitrogen and oxygen atoms in total. The van der Waals surface area contributed by atoms with Gasteiger partial charge < -0.3 is 10.1 Å². The van der Waals surface area contributed by atoms with E-state index < -0.39 is 0 Å². The predicted octanol–water partition coefficient (Wildman–Crippen LogP) is 12.8. The summed E-state index contributed by atoms with van der Waals surface area (Å²) in [5.74, 6) is 0. The third-order valence-corrected chi connectivity index (χ3v) is 8.03. The van der Waals surface area contributed by atoms with Crippen LogP contribution in [0.25, 0.3) is 0 Å². The Morgan fingerprint density at radius 1 is 0.366 bits per heavy atom. The molecule has 242 valence electrons. The van der Waals surface area contributed by atoms with E-state index in [0.717, 1.165) is 32.7 Å². The van der Waals surface area contributed by atoms with Crippen LogP contribution < -0.4 is 5.32 Å². The van der Waals surface area contributed by atoms with E-state index >= 15 is 0 Å². The molecule has 0 aromatic heterocycles. The minimum atomic E-state index is 0.870. The van der Waals surface area contributed by atoms with E-state index in [4.69, 9.17) is 4.74 Å². The Morgan fingerprint density at radius 3 is 1.29 bits per heavy atom. The van der Waals surface area contributed by atoms with E-state index in [-0.39, 0.29) is 0 Å². The third-order valence-electron chi connectivity index (χ3n) is 8.03. The van der Waals surface area contributed by atoms with E-state index in [1.165, 1.54) is 167 Å². The lowest BCUT2D eigenvalue weighted by molar-refractivity contribution is 0.131. The van der Waals surface area contributed by atoms with Crippen LogP contribution in [0.3, 0.4) is 0 Å². The number of ether oxygens (including phenoxy) is 1. The maximum absolute atomic E-state index is 5.81. The SMILES string of the molecule is CCCCC/C=C\C/C=C\CCCCCCCCNCCOCCCCCCCCC/C=C\CCCCCCCC. The lowest BCUT2D eigenvalue weighted by Gasteiger charge is -2.06. The molecule has 0 saturated heterocycles. The predicted molar refractivity (Wildman–Crippen MR) is 187 cm³/mol. The number of allylic oxidation sites excluding steroid dienone is 6. The molecular formula is C39H75NO. The smallest absolute Gasteiger partial charge is 0.0590 e. The van der Waals surface area contributed by atoms with Crippen LogP contribution in [0.1, 0.15) is 187 Å². The van der Waals surface area contributed by atoms with Gasteiger partial charge in [-0.15, -0.1) is 0 Å². The molecule has 41 heavy (non-hydrogen) atoms. The average molecular weight is 574 g/mol. The summed E-state index contributed by atoms with van der Waals surface area (Å²) in [5.41, 5.74) is 0. The molecule has 0 unspecified atom stereocenters. The maximum atomic E-state index is 5.81. The molecule has 0 fully saturated rings. The van der Waals surface area contributed by atoms with Gasteiger partial charge in [-0.2, -0.15) is 0 Å². The first-order valence-electron chi connectivity index (χ1n) is 18.6. The maximum Gasteiger partial charge on any atom is 0.0590 e. The Balaban J connectivity index is 3.12. The Hall–Kier alpha value is -0.860. The summed E-state index contributed by atoms with van der Waals surface area (Å²) in [6.45, 7) is 8.52. The van der Waals surface area contributed by atoms with Gasteiger partial charge in [0.25, 0.3) is 0 Å². The molecule has 0 heterocycles. The zero-order chi connectivity index (χ0) is 29.6. The fourth-order valence-corrected chi connectivity index (χ4v) is 5.24. The van der Waals surface area contributed by atoms with Gasteiger partial charge in [-0.25, -0.2) is 0 Å². The highest BCUT2D eigenvalue weighted by Crippen LogP contribution is 2.11. The van der Waals surface area contributed by atoms with Crippen molar-refractivity contribution in [3.63, 3.8) is 0 Å². The Kier molecular flexibility index (Phi) is 38.3. The first kappa shape index (κ1) is 40.1. The quantitative estimate of drug-likeness (QED) is 0.0601. The first-order chi connectivity index (χ1) is 20.4. The van der Waals surface area contributed by atoms with Crippen molar-refractivity contribution in [1.82, 2.24) is 5.32 Å². The Labute approximate surface area is 259 Å². The van der Waals surface area contributed by atoms with Gasteiger partial charge >= 0.3 is 0 Å². The van der Waals surface area contributed by atoms with Crippen LogP contribution in [-0.2, 0) is 4.74 Å².